The van der Waals surface area contributed by atoms with Crippen molar-refractivity contribution in [3.63, 3.8) is 0 Å². The normalized spacial score (nSPS) is 13.4. The van der Waals surface area contributed by atoms with Gasteiger partial charge in [0, 0.05) is 30.9 Å². The van der Waals surface area contributed by atoms with Crippen LogP contribution in [0.25, 0.3) is 11.4 Å². The highest BCUT2D eigenvalue weighted by Gasteiger charge is 2.25. The third-order valence-corrected chi connectivity index (χ3v) is 10.1. The van der Waals surface area contributed by atoms with Crippen LogP contribution < -0.4 is 4.90 Å². The van der Waals surface area contributed by atoms with E-state index in [2.05, 4.69) is 16.3 Å². The highest BCUT2D eigenvalue weighted by Crippen LogP contribution is 2.30. The second-order valence-corrected chi connectivity index (χ2v) is 12.4. The average molecular weight is 576 g/mol. The smallest absolute Gasteiger partial charge is 0.243 e. The van der Waals surface area contributed by atoms with Gasteiger partial charge in [0.25, 0.3) is 0 Å². The highest BCUT2D eigenvalue weighted by atomic mass is 32.2. The Bertz CT molecular complexity index is 1580. The molecular formula is C30H33N5O3S2. The van der Waals surface area contributed by atoms with E-state index in [0.717, 1.165) is 24.1 Å². The van der Waals surface area contributed by atoms with E-state index in [1.165, 1.54) is 21.6 Å². The molecule has 0 saturated carbocycles. The molecule has 0 fully saturated rings. The number of nitrogens with zero attached hydrogens (tertiary/aromatic N) is 5. The summed E-state index contributed by atoms with van der Waals surface area (Å²) in [5.41, 5.74) is 3.88. The molecular weight excluding hydrogens is 542 g/mol. The van der Waals surface area contributed by atoms with Gasteiger partial charge in [-0.05, 0) is 42.2 Å². The number of fused-ring (bicyclic) bond motifs is 1. The zero-order valence-corrected chi connectivity index (χ0v) is 24.4. The van der Waals surface area contributed by atoms with E-state index in [0.29, 0.717) is 42.7 Å². The number of anilines is 1. The summed E-state index contributed by atoms with van der Waals surface area (Å²) in [6, 6.07) is 24.9. The van der Waals surface area contributed by atoms with Gasteiger partial charge in [-0.3, -0.25) is 9.36 Å². The molecule has 4 aromatic rings. The molecule has 1 aliphatic rings. The summed E-state index contributed by atoms with van der Waals surface area (Å²) < 4.78 is 29.8. The first kappa shape index (κ1) is 28.1. The lowest BCUT2D eigenvalue weighted by Crippen LogP contribution is -2.36. The van der Waals surface area contributed by atoms with Crippen molar-refractivity contribution >= 4 is 33.4 Å². The first-order valence-corrected chi connectivity index (χ1v) is 15.9. The van der Waals surface area contributed by atoms with Gasteiger partial charge in [0.05, 0.1) is 17.2 Å². The van der Waals surface area contributed by atoms with Crippen LogP contribution in [-0.2, 0) is 27.8 Å². The summed E-state index contributed by atoms with van der Waals surface area (Å²) in [4.78, 5) is 15.4. The van der Waals surface area contributed by atoms with Crippen molar-refractivity contribution in [2.45, 2.75) is 43.3 Å². The van der Waals surface area contributed by atoms with Gasteiger partial charge in [0.15, 0.2) is 11.0 Å². The van der Waals surface area contributed by atoms with E-state index in [1.807, 2.05) is 77.9 Å². The number of para-hydroxylation sites is 1. The lowest BCUT2D eigenvalue weighted by molar-refractivity contribution is -0.116. The van der Waals surface area contributed by atoms with Crippen molar-refractivity contribution in [2.75, 3.05) is 30.3 Å². The Kier molecular flexibility index (Phi) is 8.68. The van der Waals surface area contributed by atoms with Gasteiger partial charge in [-0.25, -0.2) is 8.42 Å². The maximum Gasteiger partial charge on any atom is 0.243 e. The molecule has 10 heteroatoms. The molecule has 0 spiro atoms. The Morgan fingerprint density at radius 1 is 0.950 bits per heavy atom. The zero-order valence-electron chi connectivity index (χ0n) is 22.7. The fraction of sp³-hybridized carbons (Fsp3) is 0.300. The minimum absolute atomic E-state index is 0.0280. The molecule has 1 aliphatic heterocycles. The fourth-order valence-corrected chi connectivity index (χ4v) is 7.34. The summed E-state index contributed by atoms with van der Waals surface area (Å²) in [5.74, 6) is 0.802. The maximum absolute atomic E-state index is 13.3. The van der Waals surface area contributed by atoms with Crippen LogP contribution in [0.5, 0.6) is 0 Å². The summed E-state index contributed by atoms with van der Waals surface area (Å²) in [6.45, 7) is 5.63. The molecule has 0 radical (unpaired) electrons. The van der Waals surface area contributed by atoms with Gasteiger partial charge >= 0.3 is 0 Å². The monoisotopic (exact) mass is 575 g/mol. The molecule has 208 valence electrons. The number of aromatic nitrogens is 3. The fourth-order valence-electron chi connectivity index (χ4n) is 5.02. The molecule has 40 heavy (non-hydrogen) atoms. The van der Waals surface area contributed by atoms with E-state index in [4.69, 9.17) is 0 Å². The topological polar surface area (TPSA) is 88.4 Å². The Balaban J connectivity index is 1.45. The number of hydrogen-bond acceptors (Lipinski definition) is 6. The van der Waals surface area contributed by atoms with E-state index >= 15 is 0 Å². The number of carbonyl (C=O) groups is 1. The number of carbonyl (C=O) groups excluding carboxylic acids is 1. The van der Waals surface area contributed by atoms with Crippen molar-refractivity contribution in [3.8, 4) is 11.4 Å². The standard InChI is InChI=1S/C30H33N5O3S2/c1-3-33(4-2)40(37,38)26-17-10-15-25(20-26)29-31-32-30(35(29)21-23-12-6-5-7-13-23)39-22-28(36)34-19-11-16-24-14-8-9-18-27(24)34/h5-10,12-15,17-18,20H,3-4,11,16,19,21-22H2,1-2H3. The Hall–Kier alpha value is -3.47. The van der Waals surface area contributed by atoms with E-state index < -0.39 is 10.0 Å². The predicted molar refractivity (Wildman–Crippen MR) is 159 cm³/mol. The van der Waals surface area contributed by atoms with Crippen molar-refractivity contribution in [3.05, 3.63) is 90.0 Å². The van der Waals surface area contributed by atoms with Gasteiger partial charge in [-0.15, -0.1) is 10.2 Å². The molecule has 0 atom stereocenters. The molecule has 0 bridgehead atoms. The van der Waals surface area contributed by atoms with Gasteiger partial charge in [0.1, 0.15) is 0 Å². The Labute approximate surface area is 240 Å². The third-order valence-electron chi connectivity index (χ3n) is 7.07. The number of benzene rings is 3. The number of aryl methyl sites for hydroxylation is 1. The molecule has 0 aliphatic carbocycles. The largest absolute Gasteiger partial charge is 0.311 e. The molecule has 2 heterocycles. The molecule has 0 N–H and O–H groups in total. The molecule has 1 aromatic heterocycles. The van der Waals surface area contributed by atoms with Crippen LogP contribution in [-0.4, -0.2) is 58.8 Å². The minimum atomic E-state index is -3.63. The third kappa shape index (κ3) is 5.84. The van der Waals surface area contributed by atoms with Crippen LogP contribution in [0.2, 0.25) is 0 Å². The van der Waals surface area contributed by atoms with E-state index in [-0.39, 0.29) is 16.6 Å². The van der Waals surface area contributed by atoms with Gasteiger partial charge in [-0.2, -0.15) is 4.31 Å². The quantitative estimate of drug-likeness (QED) is 0.245. The number of sulfonamides is 1. The van der Waals surface area contributed by atoms with Gasteiger partial charge < -0.3 is 4.90 Å². The predicted octanol–water partition coefficient (Wildman–Crippen LogP) is 5.10. The number of thioether (sulfide) groups is 1. The summed E-state index contributed by atoms with van der Waals surface area (Å²) >= 11 is 1.35. The van der Waals surface area contributed by atoms with Crippen LogP contribution in [0.4, 0.5) is 5.69 Å². The lowest BCUT2D eigenvalue weighted by Gasteiger charge is -2.29. The first-order chi connectivity index (χ1) is 19.4. The Morgan fingerprint density at radius 3 is 2.48 bits per heavy atom. The summed E-state index contributed by atoms with van der Waals surface area (Å²) in [7, 11) is -3.63. The van der Waals surface area contributed by atoms with E-state index in [1.54, 1.807) is 18.2 Å². The average Bonchev–Trinajstić information content (AvgIpc) is 3.38. The molecule has 5 rings (SSSR count). The maximum atomic E-state index is 13.3. The number of amides is 1. The van der Waals surface area contributed by atoms with Crippen molar-refractivity contribution in [1.82, 2.24) is 19.1 Å². The Morgan fingerprint density at radius 2 is 1.70 bits per heavy atom. The second-order valence-electron chi connectivity index (χ2n) is 9.56. The molecule has 0 unspecified atom stereocenters. The summed E-state index contributed by atoms with van der Waals surface area (Å²) in [5, 5.41) is 9.54. The molecule has 3 aromatic carbocycles. The van der Waals surface area contributed by atoms with Gasteiger partial charge in [-0.1, -0.05) is 86.3 Å². The van der Waals surface area contributed by atoms with Crippen LogP contribution in [0.1, 0.15) is 31.4 Å². The first-order valence-electron chi connectivity index (χ1n) is 13.5. The van der Waals surface area contributed by atoms with Crippen molar-refractivity contribution < 1.29 is 13.2 Å². The van der Waals surface area contributed by atoms with Crippen molar-refractivity contribution in [2.24, 2.45) is 0 Å². The van der Waals surface area contributed by atoms with Crippen LogP contribution in [0.15, 0.2) is 88.9 Å². The van der Waals surface area contributed by atoms with Gasteiger partial charge in [0.2, 0.25) is 15.9 Å². The highest BCUT2D eigenvalue weighted by molar-refractivity contribution is 7.99. The lowest BCUT2D eigenvalue weighted by atomic mass is 10.0. The van der Waals surface area contributed by atoms with Crippen LogP contribution in [0.3, 0.4) is 0 Å². The minimum Gasteiger partial charge on any atom is -0.311 e. The van der Waals surface area contributed by atoms with Crippen LogP contribution in [0, 0.1) is 0 Å². The zero-order chi connectivity index (χ0) is 28.1. The number of hydrogen-bond donors (Lipinski definition) is 0. The molecule has 8 nitrogen and oxygen atoms in total. The SMILES string of the molecule is CCN(CC)S(=O)(=O)c1cccc(-c2nnc(SCC(=O)N3CCCc4ccccc43)n2Cc2ccccc2)c1. The number of rotatable bonds is 10. The summed E-state index contributed by atoms with van der Waals surface area (Å²) in [6.07, 6.45) is 1.92. The van der Waals surface area contributed by atoms with E-state index in [9.17, 15) is 13.2 Å². The second kappa shape index (κ2) is 12.4. The molecule has 1 amide bonds. The van der Waals surface area contributed by atoms with Crippen molar-refractivity contribution in [1.29, 1.82) is 0 Å². The molecule has 0 saturated heterocycles. The van der Waals surface area contributed by atoms with Crippen LogP contribution >= 0.6 is 11.8 Å².